The standard InChI is InChI=1S/C10H19N.C2H6/c1-10(5-6-10)9-3-7-11(2)8-4-9;1-2/h9H,3-8H2,1-2H3;1-2H3. The van der Waals surface area contributed by atoms with E-state index in [2.05, 4.69) is 18.9 Å². The van der Waals surface area contributed by atoms with Gasteiger partial charge in [-0.2, -0.15) is 0 Å². The Morgan fingerprint density at radius 3 is 1.92 bits per heavy atom. The smallest absolute Gasteiger partial charge is 0.00189 e. The van der Waals surface area contributed by atoms with Crippen molar-refractivity contribution in [1.29, 1.82) is 0 Å². The lowest BCUT2D eigenvalue weighted by molar-refractivity contribution is 0.167. The van der Waals surface area contributed by atoms with Crippen LogP contribution in [0.25, 0.3) is 0 Å². The number of piperidine rings is 1. The molecule has 1 nitrogen and oxygen atoms in total. The third-order valence-corrected chi connectivity index (χ3v) is 3.74. The van der Waals surface area contributed by atoms with Crippen LogP contribution in [-0.2, 0) is 0 Å². The lowest BCUT2D eigenvalue weighted by atomic mass is 9.83. The summed E-state index contributed by atoms with van der Waals surface area (Å²) in [5.74, 6) is 1.05. The van der Waals surface area contributed by atoms with Gasteiger partial charge in [0.15, 0.2) is 0 Å². The van der Waals surface area contributed by atoms with E-state index in [1.54, 1.807) is 0 Å². The van der Waals surface area contributed by atoms with Gasteiger partial charge in [-0.1, -0.05) is 20.8 Å². The molecule has 0 unspecified atom stereocenters. The van der Waals surface area contributed by atoms with E-state index in [4.69, 9.17) is 0 Å². The van der Waals surface area contributed by atoms with Crippen LogP contribution < -0.4 is 0 Å². The SMILES string of the molecule is CC.CN1CCC(C2(C)CC2)CC1. The molecule has 0 spiro atoms. The number of nitrogens with zero attached hydrogens (tertiary/aromatic N) is 1. The largest absolute Gasteiger partial charge is 0.306 e. The van der Waals surface area contributed by atoms with Crippen LogP contribution in [0.15, 0.2) is 0 Å². The molecule has 0 atom stereocenters. The van der Waals surface area contributed by atoms with Crippen LogP contribution in [0.2, 0.25) is 0 Å². The molecule has 0 amide bonds. The Balaban J connectivity index is 0.000000396. The number of hydrogen-bond acceptors (Lipinski definition) is 1. The minimum Gasteiger partial charge on any atom is -0.306 e. The van der Waals surface area contributed by atoms with Gasteiger partial charge in [0.1, 0.15) is 0 Å². The second kappa shape index (κ2) is 4.45. The second-order valence-corrected chi connectivity index (χ2v) is 4.73. The Morgan fingerprint density at radius 2 is 1.54 bits per heavy atom. The third kappa shape index (κ3) is 2.70. The van der Waals surface area contributed by atoms with Gasteiger partial charge in [0.25, 0.3) is 0 Å². The van der Waals surface area contributed by atoms with Gasteiger partial charge in [0.2, 0.25) is 0 Å². The topological polar surface area (TPSA) is 3.24 Å². The minimum atomic E-state index is 0.779. The Labute approximate surface area is 83.5 Å². The average Bonchev–Trinajstić information content (AvgIpc) is 2.89. The van der Waals surface area contributed by atoms with Crippen LogP contribution in [0.1, 0.15) is 46.5 Å². The maximum atomic E-state index is 2.48. The van der Waals surface area contributed by atoms with Crippen LogP contribution in [0.5, 0.6) is 0 Å². The maximum Gasteiger partial charge on any atom is -0.00189 e. The summed E-state index contributed by atoms with van der Waals surface area (Å²) in [6.07, 6.45) is 5.91. The van der Waals surface area contributed by atoms with Crippen molar-refractivity contribution in [2.24, 2.45) is 11.3 Å². The molecule has 0 N–H and O–H groups in total. The summed E-state index contributed by atoms with van der Waals surface area (Å²) in [6, 6.07) is 0. The lowest BCUT2D eigenvalue weighted by Gasteiger charge is -2.32. The van der Waals surface area contributed by atoms with E-state index in [0.717, 1.165) is 11.3 Å². The van der Waals surface area contributed by atoms with Crippen molar-refractivity contribution < 1.29 is 0 Å². The van der Waals surface area contributed by atoms with Crippen molar-refractivity contribution in [1.82, 2.24) is 4.90 Å². The maximum absolute atomic E-state index is 2.48. The first-order valence-electron chi connectivity index (χ1n) is 5.89. The molecule has 2 aliphatic rings. The molecule has 78 valence electrons. The van der Waals surface area contributed by atoms with E-state index in [-0.39, 0.29) is 0 Å². The Morgan fingerprint density at radius 1 is 1.08 bits per heavy atom. The summed E-state index contributed by atoms with van der Waals surface area (Å²) < 4.78 is 0. The molecule has 2 rings (SSSR count). The second-order valence-electron chi connectivity index (χ2n) is 4.73. The zero-order valence-electron chi connectivity index (χ0n) is 9.77. The van der Waals surface area contributed by atoms with Crippen molar-refractivity contribution in [3.63, 3.8) is 0 Å². The van der Waals surface area contributed by atoms with E-state index in [1.165, 1.54) is 38.8 Å². The van der Waals surface area contributed by atoms with E-state index in [0.29, 0.717) is 0 Å². The molecule has 0 aromatic carbocycles. The molecule has 0 aromatic heterocycles. The van der Waals surface area contributed by atoms with E-state index >= 15 is 0 Å². The van der Waals surface area contributed by atoms with Gasteiger partial charge in [-0.3, -0.25) is 0 Å². The van der Waals surface area contributed by atoms with Crippen LogP contribution in [0.4, 0.5) is 0 Å². The van der Waals surface area contributed by atoms with Gasteiger partial charge in [0.05, 0.1) is 0 Å². The molecule has 1 saturated carbocycles. The number of rotatable bonds is 1. The van der Waals surface area contributed by atoms with Crippen molar-refractivity contribution >= 4 is 0 Å². The van der Waals surface area contributed by atoms with Crippen LogP contribution >= 0.6 is 0 Å². The zero-order valence-corrected chi connectivity index (χ0v) is 9.77. The Kier molecular flexibility index (Phi) is 3.78. The van der Waals surface area contributed by atoms with Crippen molar-refractivity contribution in [3.05, 3.63) is 0 Å². The predicted octanol–water partition coefficient (Wildman–Crippen LogP) is 3.15. The summed E-state index contributed by atoms with van der Waals surface area (Å²) in [5.41, 5.74) is 0.779. The highest BCUT2D eigenvalue weighted by Gasteiger charge is 2.44. The number of likely N-dealkylation sites (tertiary alicyclic amines) is 1. The van der Waals surface area contributed by atoms with Crippen molar-refractivity contribution in [2.75, 3.05) is 20.1 Å². The van der Waals surface area contributed by atoms with Gasteiger partial charge < -0.3 is 4.90 Å². The van der Waals surface area contributed by atoms with Gasteiger partial charge in [-0.25, -0.2) is 0 Å². The van der Waals surface area contributed by atoms with E-state index < -0.39 is 0 Å². The molecule has 1 aliphatic heterocycles. The summed E-state index contributed by atoms with van der Waals surface area (Å²) in [4.78, 5) is 2.46. The molecule has 13 heavy (non-hydrogen) atoms. The highest BCUT2D eigenvalue weighted by Crippen LogP contribution is 2.54. The quantitative estimate of drug-likeness (QED) is 0.603. The summed E-state index contributed by atoms with van der Waals surface area (Å²) in [5, 5.41) is 0. The van der Waals surface area contributed by atoms with Crippen LogP contribution in [0.3, 0.4) is 0 Å². The molecule has 1 heterocycles. The summed E-state index contributed by atoms with van der Waals surface area (Å²) in [6.45, 7) is 9.14. The monoisotopic (exact) mass is 183 g/mol. The van der Waals surface area contributed by atoms with Crippen molar-refractivity contribution in [2.45, 2.75) is 46.5 Å². The van der Waals surface area contributed by atoms with Gasteiger partial charge in [-0.15, -0.1) is 0 Å². The lowest BCUT2D eigenvalue weighted by Crippen LogP contribution is -2.33. The zero-order chi connectivity index (χ0) is 9.90. The third-order valence-electron chi connectivity index (χ3n) is 3.74. The Hall–Kier alpha value is -0.0400. The average molecular weight is 183 g/mol. The predicted molar refractivity (Wildman–Crippen MR) is 58.9 cm³/mol. The molecule has 0 bridgehead atoms. The molecule has 0 radical (unpaired) electrons. The van der Waals surface area contributed by atoms with E-state index in [9.17, 15) is 0 Å². The first-order chi connectivity index (χ1) is 6.21. The molecule has 1 heteroatoms. The molecular formula is C12H25N. The van der Waals surface area contributed by atoms with Gasteiger partial charge in [0, 0.05) is 0 Å². The molecule has 1 aliphatic carbocycles. The van der Waals surface area contributed by atoms with Crippen LogP contribution in [0, 0.1) is 11.3 Å². The first-order valence-corrected chi connectivity index (χ1v) is 5.89. The Bertz CT molecular complexity index is 141. The molecular weight excluding hydrogens is 158 g/mol. The highest BCUT2D eigenvalue weighted by atomic mass is 15.1. The normalized spacial score (nSPS) is 27.7. The first kappa shape index (κ1) is 11.0. The van der Waals surface area contributed by atoms with Crippen LogP contribution in [-0.4, -0.2) is 25.0 Å². The fourth-order valence-corrected chi connectivity index (χ4v) is 2.31. The van der Waals surface area contributed by atoms with Gasteiger partial charge in [-0.05, 0) is 57.2 Å². The summed E-state index contributed by atoms with van der Waals surface area (Å²) >= 11 is 0. The summed E-state index contributed by atoms with van der Waals surface area (Å²) in [7, 11) is 2.24. The molecule has 0 aromatic rings. The van der Waals surface area contributed by atoms with Gasteiger partial charge >= 0.3 is 0 Å². The van der Waals surface area contributed by atoms with E-state index in [1.807, 2.05) is 13.8 Å². The van der Waals surface area contributed by atoms with Crippen molar-refractivity contribution in [3.8, 4) is 0 Å². The minimum absolute atomic E-state index is 0.779. The molecule has 1 saturated heterocycles. The fraction of sp³-hybridized carbons (Fsp3) is 1.00. The molecule has 2 fully saturated rings. The number of hydrogen-bond donors (Lipinski definition) is 0. The fourth-order valence-electron chi connectivity index (χ4n) is 2.31. The highest BCUT2D eigenvalue weighted by molar-refractivity contribution is 4.96.